The lowest BCUT2D eigenvalue weighted by Crippen LogP contribution is -2.32. The number of fused-ring (bicyclic) bond motifs is 11. The average molecular weight is 1590 g/mol. The Balaban J connectivity index is 0.000000106. The number of rotatable bonds is 9. The second kappa shape index (κ2) is 32.0. The average Bonchev–Trinajstić information content (AvgIpc) is 0.943. The van der Waals surface area contributed by atoms with E-state index in [1.54, 1.807) is 22.7 Å². The van der Waals surface area contributed by atoms with Gasteiger partial charge in [0.2, 0.25) is 0 Å². The number of hydrogen-bond acceptors (Lipinski definition) is 8. The van der Waals surface area contributed by atoms with E-state index in [2.05, 4.69) is 408 Å². The summed E-state index contributed by atoms with van der Waals surface area (Å²) >= 11 is 3.55. The van der Waals surface area contributed by atoms with Crippen molar-refractivity contribution in [3.05, 3.63) is 367 Å². The molecule has 0 fully saturated rings. The van der Waals surface area contributed by atoms with Gasteiger partial charge in [0.1, 0.15) is 36.3 Å². The van der Waals surface area contributed by atoms with Gasteiger partial charge in [0.05, 0.1) is 72.0 Å². The van der Waals surface area contributed by atoms with Gasteiger partial charge in [-0.25, -0.2) is 18.3 Å². The maximum Gasteiger partial charge on any atom is 0.331 e. The highest BCUT2D eigenvalue weighted by atomic mass is 32.1. The molecule has 16 aromatic carbocycles. The molecule has 22 aromatic rings. The summed E-state index contributed by atoms with van der Waals surface area (Å²) in [6.45, 7) is 8.72. The molecule has 0 unspecified atom stereocenters. The monoisotopic (exact) mass is 1590 g/mol. The van der Waals surface area contributed by atoms with E-state index in [0.29, 0.717) is 0 Å². The molecule has 0 bridgehead atoms. The van der Waals surface area contributed by atoms with Crippen molar-refractivity contribution in [3.63, 3.8) is 0 Å². The van der Waals surface area contributed by atoms with Crippen molar-refractivity contribution < 1.29 is 23.0 Å². The molecular formula is C108H87N9OS2+4. The van der Waals surface area contributed by atoms with E-state index in [1.807, 2.05) is 30.3 Å². The Labute approximate surface area is 705 Å². The van der Waals surface area contributed by atoms with Gasteiger partial charge >= 0.3 is 23.3 Å². The molecule has 0 aliphatic carbocycles. The van der Waals surface area contributed by atoms with Crippen LogP contribution >= 0.6 is 22.7 Å². The Bertz CT molecular complexity index is 7780. The molecule has 0 saturated heterocycles. The minimum Gasteiger partial charge on any atom is -0.457 e. The van der Waals surface area contributed by atoms with Gasteiger partial charge in [-0.05, 0) is 248 Å². The normalized spacial score (nSPS) is 11.4. The van der Waals surface area contributed by atoms with Crippen LogP contribution in [0.1, 0.15) is 22.3 Å². The first-order valence-electron chi connectivity index (χ1n) is 40.5. The van der Waals surface area contributed by atoms with Crippen LogP contribution in [0.15, 0.2) is 345 Å². The van der Waals surface area contributed by atoms with Crippen molar-refractivity contribution in [2.75, 3.05) is 19.0 Å². The number of aryl methyl sites for hydroxylation is 8. The van der Waals surface area contributed by atoms with Gasteiger partial charge in [-0.3, -0.25) is 0 Å². The maximum atomic E-state index is 6.36. The second-order valence-corrected chi connectivity index (χ2v) is 33.3. The van der Waals surface area contributed by atoms with E-state index >= 15 is 0 Å². The molecule has 12 heteroatoms. The fourth-order valence-electron chi connectivity index (χ4n) is 17.0. The van der Waals surface area contributed by atoms with Crippen molar-refractivity contribution in [3.8, 4) is 77.9 Å². The van der Waals surface area contributed by atoms with E-state index in [4.69, 9.17) is 24.7 Å². The highest BCUT2D eigenvalue weighted by Crippen LogP contribution is 2.42. The Morgan fingerprint density at radius 2 is 0.617 bits per heavy atom. The first-order valence-corrected chi connectivity index (χ1v) is 42.3. The fourth-order valence-corrected chi connectivity index (χ4v) is 18.5. The minimum atomic E-state index is 0.819. The summed E-state index contributed by atoms with van der Waals surface area (Å²) in [5, 5.41) is 26.0. The highest BCUT2D eigenvalue weighted by molar-refractivity contribution is 7.13. The molecular weight excluding hydrogens is 1500 g/mol. The van der Waals surface area contributed by atoms with Crippen molar-refractivity contribution in [2.24, 2.45) is 28.2 Å². The van der Waals surface area contributed by atoms with Gasteiger partial charge in [0.15, 0.2) is 22.1 Å². The summed E-state index contributed by atoms with van der Waals surface area (Å²) in [4.78, 5) is 25.2. The third-order valence-corrected chi connectivity index (χ3v) is 25.1. The number of anilines is 1. The predicted octanol–water partition coefficient (Wildman–Crippen LogP) is 25.5. The number of benzene rings is 16. The smallest absolute Gasteiger partial charge is 0.331 e. The van der Waals surface area contributed by atoms with E-state index < -0.39 is 0 Å². The lowest BCUT2D eigenvalue weighted by molar-refractivity contribution is -0.661. The summed E-state index contributed by atoms with van der Waals surface area (Å²) in [5.41, 5.74) is 17.3. The van der Waals surface area contributed by atoms with E-state index in [1.165, 1.54) is 136 Å². The SMILES string of the molecule is Cc1c(-c2nc3cc4ccccc4cc3c[n+]2C)cc(-c2cccs2)c2ccccc12.Cc1c(-c2nc3cc4ccccc4cc3c[n+]2C)cc(N(C)C)c2ccccc12.Cc1c(-c2nc3cc4ccccc4cc3c[n+]2C)cc(Oc2ccccc2)c2ccccc12.Cc1ccc(-c2cccs2)cc1-c1nc2cc3ccccc3cc2c[n+]1C. The number of ether oxygens (including phenoxy) is 1. The van der Waals surface area contributed by atoms with Crippen molar-refractivity contribution in [1.29, 1.82) is 0 Å². The van der Waals surface area contributed by atoms with Gasteiger partial charge in [0.25, 0.3) is 0 Å². The minimum absolute atomic E-state index is 0.819. The van der Waals surface area contributed by atoms with Gasteiger partial charge < -0.3 is 9.64 Å². The quantitative estimate of drug-likeness (QED) is 0.106. The predicted molar refractivity (Wildman–Crippen MR) is 502 cm³/mol. The molecule has 10 nitrogen and oxygen atoms in total. The number of hydrogen-bond donors (Lipinski definition) is 0. The number of para-hydroxylation sites is 1. The van der Waals surface area contributed by atoms with E-state index in [0.717, 1.165) is 89.4 Å². The molecule has 0 saturated carbocycles. The Morgan fingerprint density at radius 1 is 0.275 bits per heavy atom. The first-order chi connectivity index (χ1) is 58.6. The summed E-state index contributed by atoms with van der Waals surface area (Å²) in [6, 6.07) is 109. The molecule has 578 valence electrons. The van der Waals surface area contributed by atoms with Crippen LogP contribution in [0.4, 0.5) is 5.69 Å². The standard InChI is InChI=1S/C30H23N2O.C28H21N2S.C26H24N3.C24H19N2S/c1-20-25-14-8-9-15-26(25)29(33-24-12-4-3-5-13-24)18-27(20)30-31-28-17-22-11-7-6-10-21(22)16-23(28)19-32(30)2;1-18-22-10-5-6-11-23(22)25(27-12-7-13-31-27)16-24(18)28-29-26-15-20-9-4-3-8-19(20)14-21(26)17-30(28)2;1-17-21-11-7-8-12-22(21)25(28(2)3)15-23(17)26-27-24-14-19-10-6-5-9-18(19)13-20(24)16-29(26)4;1-16-9-10-19(23-8-5-11-27-23)13-21(16)24-25-22-14-18-7-4-3-6-17(18)12-20(22)15-26(24)2/h3-19H,1-2H3;3-17H,1-2H3;5-16H,1-4H3;3-15H,1-2H3/q4*+1. The van der Waals surface area contributed by atoms with Crippen LogP contribution in [0, 0.1) is 27.7 Å². The lowest BCUT2D eigenvalue weighted by Gasteiger charge is -2.18. The molecule has 120 heavy (non-hydrogen) atoms. The lowest BCUT2D eigenvalue weighted by atomic mass is 9.94. The first kappa shape index (κ1) is 75.7. The van der Waals surface area contributed by atoms with E-state index in [9.17, 15) is 0 Å². The number of nitrogens with zero attached hydrogens (tertiary/aromatic N) is 9. The van der Waals surface area contributed by atoms with Crippen LogP contribution in [0.5, 0.6) is 11.5 Å². The fraction of sp³-hybridized carbons (Fsp3) is 0.0926. The van der Waals surface area contributed by atoms with Gasteiger partial charge in [-0.1, -0.05) is 212 Å². The summed E-state index contributed by atoms with van der Waals surface area (Å²) < 4.78 is 14.9. The summed E-state index contributed by atoms with van der Waals surface area (Å²) in [5.74, 6) is 5.54. The Kier molecular flexibility index (Phi) is 20.2. The van der Waals surface area contributed by atoms with Crippen LogP contribution in [0.2, 0.25) is 0 Å². The largest absolute Gasteiger partial charge is 0.457 e. The third-order valence-electron chi connectivity index (χ3n) is 23.3. The van der Waals surface area contributed by atoms with Crippen LogP contribution in [0.25, 0.3) is 185 Å². The summed E-state index contributed by atoms with van der Waals surface area (Å²) in [7, 11) is 12.5. The zero-order valence-corrected chi connectivity index (χ0v) is 70.3. The Hall–Kier alpha value is -14.3. The molecule has 0 amide bonds. The molecule has 6 heterocycles. The van der Waals surface area contributed by atoms with E-state index in [-0.39, 0.29) is 0 Å². The van der Waals surface area contributed by atoms with Gasteiger partial charge in [-0.15, -0.1) is 22.7 Å². The second-order valence-electron chi connectivity index (χ2n) is 31.4. The molecule has 0 spiro atoms. The molecule has 6 aromatic heterocycles. The molecule has 0 atom stereocenters. The van der Waals surface area contributed by atoms with Crippen molar-refractivity contribution >= 4 is 147 Å². The molecule has 0 aliphatic rings. The van der Waals surface area contributed by atoms with Crippen molar-refractivity contribution in [2.45, 2.75) is 27.7 Å². The number of thiophene rings is 2. The molecule has 22 rings (SSSR count). The molecule has 0 aliphatic heterocycles. The van der Waals surface area contributed by atoms with Crippen LogP contribution < -0.4 is 27.9 Å². The molecule has 0 N–H and O–H groups in total. The zero-order valence-electron chi connectivity index (χ0n) is 68.7. The topological polar surface area (TPSA) is 79.5 Å². The van der Waals surface area contributed by atoms with Crippen LogP contribution in [-0.2, 0) is 28.2 Å². The maximum absolute atomic E-state index is 6.36. The van der Waals surface area contributed by atoms with Crippen LogP contribution in [-0.4, -0.2) is 34.0 Å². The Morgan fingerprint density at radius 3 is 1.03 bits per heavy atom. The van der Waals surface area contributed by atoms with Gasteiger partial charge in [0, 0.05) is 45.9 Å². The molecule has 0 radical (unpaired) electrons. The summed E-state index contributed by atoms with van der Waals surface area (Å²) in [6.07, 6.45) is 8.73. The number of aromatic nitrogens is 8. The van der Waals surface area contributed by atoms with Crippen LogP contribution in [0.3, 0.4) is 0 Å². The third kappa shape index (κ3) is 14.6. The van der Waals surface area contributed by atoms with Gasteiger partial charge in [-0.2, -0.15) is 0 Å². The highest BCUT2D eigenvalue weighted by Gasteiger charge is 2.27. The van der Waals surface area contributed by atoms with Crippen molar-refractivity contribution in [1.82, 2.24) is 19.9 Å². The zero-order chi connectivity index (χ0) is 81.8.